The molecule has 1 saturated heterocycles. The molecule has 1 aliphatic heterocycles. The molecule has 8 heteroatoms. The van der Waals surface area contributed by atoms with E-state index in [-0.39, 0.29) is 10.7 Å². The Hall–Kier alpha value is -0.890. The molecular formula is C15H25ClN4O2S. The first-order valence-electron chi connectivity index (χ1n) is 7.74. The fraction of sp³-hybridized carbons (Fsp3) is 0.733. The first-order chi connectivity index (χ1) is 10.8. The molecule has 0 saturated carbocycles. The lowest BCUT2D eigenvalue weighted by Gasteiger charge is -2.35. The molecule has 0 spiro atoms. The van der Waals surface area contributed by atoms with Crippen LogP contribution >= 0.6 is 22.9 Å². The highest BCUT2D eigenvalue weighted by Crippen LogP contribution is 2.30. The number of hydrogen-bond acceptors (Lipinski definition) is 7. The van der Waals surface area contributed by atoms with Gasteiger partial charge in [-0.1, -0.05) is 22.9 Å². The van der Waals surface area contributed by atoms with Crippen molar-refractivity contribution in [2.24, 2.45) is 0 Å². The van der Waals surface area contributed by atoms with E-state index in [2.05, 4.69) is 41.0 Å². The zero-order valence-corrected chi connectivity index (χ0v) is 15.8. The van der Waals surface area contributed by atoms with Crippen LogP contribution in [0.15, 0.2) is 0 Å². The molecule has 6 nitrogen and oxygen atoms in total. The van der Waals surface area contributed by atoms with E-state index in [1.54, 1.807) is 0 Å². The van der Waals surface area contributed by atoms with Gasteiger partial charge in [-0.25, -0.2) is 9.78 Å². The predicted octanol–water partition coefficient (Wildman–Crippen LogP) is 2.41. The maximum absolute atomic E-state index is 11.6. The Morgan fingerprint density at radius 1 is 1.39 bits per heavy atom. The number of halogens is 1. The molecule has 0 aliphatic carbocycles. The van der Waals surface area contributed by atoms with Gasteiger partial charge in [-0.05, 0) is 27.3 Å². The summed E-state index contributed by atoms with van der Waals surface area (Å²) in [5.41, 5.74) is -0.127. The van der Waals surface area contributed by atoms with E-state index in [0.29, 0.717) is 10.0 Å². The average Bonchev–Trinajstić information content (AvgIpc) is 2.85. The molecule has 1 aromatic rings. The summed E-state index contributed by atoms with van der Waals surface area (Å²) in [6.45, 7) is 9.78. The van der Waals surface area contributed by atoms with Crippen molar-refractivity contribution in [1.82, 2.24) is 14.8 Å². The highest BCUT2D eigenvalue weighted by Gasteiger charge is 2.24. The quantitative estimate of drug-likeness (QED) is 0.786. The van der Waals surface area contributed by atoms with Gasteiger partial charge in [0.05, 0.1) is 7.11 Å². The first kappa shape index (κ1) is 18.4. The summed E-state index contributed by atoms with van der Waals surface area (Å²) < 4.78 is 4.70. The molecule has 130 valence electrons. The minimum Gasteiger partial charge on any atom is -0.465 e. The van der Waals surface area contributed by atoms with Crippen molar-refractivity contribution < 1.29 is 9.53 Å². The summed E-state index contributed by atoms with van der Waals surface area (Å²) in [6, 6.07) is 0. The van der Waals surface area contributed by atoms with Gasteiger partial charge >= 0.3 is 5.97 Å². The number of piperazine rings is 1. The number of ether oxygens (including phenoxy) is 1. The molecule has 0 unspecified atom stereocenters. The van der Waals surface area contributed by atoms with Crippen molar-refractivity contribution in [3.05, 3.63) is 10.0 Å². The number of nitrogens with one attached hydrogen (secondary N) is 1. The van der Waals surface area contributed by atoms with Crippen molar-refractivity contribution in [3.63, 3.8) is 0 Å². The van der Waals surface area contributed by atoms with Crippen LogP contribution in [0.25, 0.3) is 0 Å². The summed E-state index contributed by atoms with van der Waals surface area (Å²) in [7, 11) is 3.50. The zero-order chi connectivity index (χ0) is 17.0. The first-order valence-corrected chi connectivity index (χ1v) is 8.94. The third-order valence-electron chi connectivity index (χ3n) is 4.05. The van der Waals surface area contributed by atoms with Crippen LogP contribution in [0.5, 0.6) is 0 Å². The van der Waals surface area contributed by atoms with Crippen molar-refractivity contribution in [1.29, 1.82) is 0 Å². The molecule has 1 fully saturated rings. The Morgan fingerprint density at radius 3 is 2.65 bits per heavy atom. The molecular weight excluding hydrogens is 336 g/mol. The van der Waals surface area contributed by atoms with Gasteiger partial charge in [0.25, 0.3) is 0 Å². The van der Waals surface area contributed by atoms with Crippen LogP contribution in [0.2, 0.25) is 5.15 Å². The Morgan fingerprint density at radius 2 is 2.04 bits per heavy atom. The van der Waals surface area contributed by atoms with Gasteiger partial charge in [0, 0.05) is 38.3 Å². The molecule has 1 aliphatic rings. The predicted molar refractivity (Wildman–Crippen MR) is 94.7 cm³/mol. The van der Waals surface area contributed by atoms with Crippen LogP contribution in [-0.2, 0) is 4.74 Å². The highest BCUT2D eigenvalue weighted by atomic mass is 35.5. The number of anilines is 1. The normalized spacial score (nSPS) is 17.3. The van der Waals surface area contributed by atoms with Gasteiger partial charge in [0.1, 0.15) is 0 Å². The number of nitrogens with zero attached hydrogens (tertiary/aromatic N) is 3. The number of carbonyl (C=O) groups excluding carboxylic acids is 1. The summed E-state index contributed by atoms with van der Waals surface area (Å²) in [5, 5.41) is 4.23. The van der Waals surface area contributed by atoms with Crippen molar-refractivity contribution in [2.75, 3.05) is 52.2 Å². The van der Waals surface area contributed by atoms with Gasteiger partial charge in [0.15, 0.2) is 15.2 Å². The number of likely N-dealkylation sites (N-methyl/N-ethyl adjacent to an activating group) is 1. The van der Waals surface area contributed by atoms with E-state index < -0.39 is 5.97 Å². The lowest BCUT2D eigenvalue weighted by atomic mass is 10.0. The largest absolute Gasteiger partial charge is 0.465 e. The fourth-order valence-corrected chi connectivity index (χ4v) is 3.72. The van der Waals surface area contributed by atoms with Gasteiger partial charge < -0.3 is 19.9 Å². The van der Waals surface area contributed by atoms with Crippen LogP contribution in [0.3, 0.4) is 0 Å². The maximum atomic E-state index is 11.6. The summed E-state index contributed by atoms with van der Waals surface area (Å²) >= 11 is 7.24. The average molecular weight is 361 g/mol. The SMILES string of the molecule is COC(=O)c1sc(NC(C)(C)CCN2CCN(C)CC2)nc1Cl. The monoisotopic (exact) mass is 360 g/mol. The third kappa shape index (κ3) is 5.31. The van der Waals surface area contributed by atoms with Crippen LogP contribution in [-0.4, -0.2) is 73.2 Å². The van der Waals surface area contributed by atoms with E-state index >= 15 is 0 Å². The van der Waals surface area contributed by atoms with Crippen LogP contribution in [0.4, 0.5) is 5.13 Å². The molecule has 0 aromatic carbocycles. The fourth-order valence-electron chi connectivity index (χ4n) is 2.43. The van der Waals surface area contributed by atoms with Crippen LogP contribution < -0.4 is 5.32 Å². The molecule has 0 amide bonds. The van der Waals surface area contributed by atoms with E-state index in [1.807, 2.05) is 0 Å². The Balaban J connectivity index is 1.89. The second kappa shape index (κ2) is 7.79. The van der Waals surface area contributed by atoms with Crippen LogP contribution in [0.1, 0.15) is 29.9 Å². The van der Waals surface area contributed by atoms with Crippen molar-refractivity contribution >= 4 is 34.0 Å². The number of rotatable bonds is 6. The number of esters is 1. The van der Waals surface area contributed by atoms with E-state index in [1.165, 1.54) is 18.4 Å². The molecule has 23 heavy (non-hydrogen) atoms. The van der Waals surface area contributed by atoms with Crippen LogP contribution in [0, 0.1) is 0 Å². The van der Waals surface area contributed by atoms with E-state index in [9.17, 15) is 4.79 Å². The molecule has 2 rings (SSSR count). The minimum absolute atomic E-state index is 0.127. The molecule has 0 atom stereocenters. The summed E-state index contributed by atoms with van der Waals surface area (Å²) in [5.74, 6) is -0.448. The Bertz CT molecular complexity index is 542. The maximum Gasteiger partial charge on any atom is 0.351 e. The molecule has 2 heterocycles. The third-order valence-corrected chi connectivity index (χ3v) is 5.39. The van der Waals surface area contributed by atoms with Gasteiger partial charge in [-0.3, -0.25) is 0 Å². The van der Waals surface area contributed by atoms with Gasteiger partial charge in [-0.15, -0.1) is 0 Å². The van der Waals surface area contributed by atoms with Gasteiger partial charge in [0.2, 0.25) is 0 Å². The lowest BCUT2D eigenvalue weighted by Crippen LogP contribution is -2.46. The number of hydrogen-bond donors (Lipinski definition) is 1. The highest BCUT2D eigenvalue weighted by molar-refractivity contribution is 7.18. The Labute approximate surface area is 146 Å². The number of methoxy groups -OCH3 is 1. The Kier molecular flexibility index (Phi) is 6.25. The smallest absolute Gasteiger partial charge is 0.351 e. The molecule has 1 N–H and O–H groups in total. The number of carbonyl (C=O) groups is 1. The summed E-state index contributed by atoms with van der Waals surface area (Å²) in [4.78, 5) is 21.0. The molecule has 0 radical (unpaired) electrons. The molecule has 1 aromatic heterocycles. The molecule has 0 bridgehead atoms. The second-order valence-electron chi connectivity index (χ2n) is 6.53. The lowest BCUT2D eigenvalue weighted by molar-refractivity contribution is 0.0606. The number of aromatic nitrogens is 1. The number of thiazole rings is 1. The minimum atomic E-state index is -0.448. The standard InChI is InChI=1S/C15H25ClN4O2S/c1-15(2,5-6-20-9-7-19(3)8-10-20)18-14-17-12(16)11(23-14)13(21)22-4/h5-10H2,1-4H3,(H,17,18). The van der Waals surface area contributed by atoms with E-state index in [4.69, 9.17) is 16.3 Å². The van der Waals surface area contributed by atoms with Crippen molar-refractivity contribution in [2.45, 2.75) is 25.8 Å². The zero-order valence-electron chi connectivity index (χ0n) is 14.2. The van der Waals surface area contributed by atoms with Crippen molar-refractivity contribution in [3.8, 4) is 0 Å². The van der Waals surface area contributed by atoms with Gasteiger partial charge in [-0.2, -0.15) is 0 Å². The van der Waals surface area contributed by atoms with E-state index in [0.717, 1.165) is 39.1 Å². The topological polar surface area (TPSA) is 57.7 Å². The second-order valence-corrected chi connectivity index (χ2v) is 7.89. The summed E-state index contributed by atoms with van der Waals surface area (Å²) in [6.07, 6.45) is 0.988.